The summed E-state index contributed by atoms with van der Waals surface area (Å²) in [6, 6.07) is 26.5. The van der Waals surface area contributed by atoms with Crippen LogP contribution in [0.1, 0.15) is 80.4 Å². The Labute approximate surface area is 285 Å². The molecule has 2 saturated heterocycles. The van der Waals surface area contributed by atoms with Crippen LogP contribution in [0.15, 0.2) is 84.9 Å². The third-order valence-electron chi connectivity index (χ3n) is 11.2. The molecule has 0 amide bonds. The highest BCUT2D eigenvalue weighted by molar-refractivity contribution is 5.76. The number of halogens is 2. The topological polar surface area (TPSA) is 42.0 Å². The lowest BCUT2D eigenvalue weighted by Gasteiger charge is -2.36. The molecule has 2 aliphatic heterocycles. The number of rotatable bonds is 13. The highest BCUT2D eigenvalue weighted by Gasteiger charge is 2.44. The van der Waals surface area contributed by atoms with Gasteiger partial charge in [-0.05, 0) is 86.2 Å². The van der Waals surface area contributed by atoms with E-state index in [9.17, 15) is 13.6 Å². The number of ether oxygens (including phenoxy) is 2. The van der Waals surface area contributed by atoms with Gasteiger partial charge in [0.2, 0.25) is 0 Å². The molecule has 258 valence electrons. The maximum Gasteiger partial charge on any atom is 0.323 e. The highest BCUT2D eigenvalue weighted by atomic mass is 19.3. The van der Waals surface area contributed by atoms with Crippen molar-refractivity contribution in [3.8, 4) is 5.75 Å². The van der Waals surface area contributed by atoms with E-state index >= 15 is 0 Å². The second-order valence-corrected chi connectivity index (χ2v) is 14.4. The van der Waals surface area contributed by atoms with E-state index < -0.39 is 5.92 Å². The van der Waals surface area contributed by atoms with E-state index in [1.807, 2.05) is 24.3 Å². The molecule has 0 bridgehead atoms. The Morgan fingerprint density at radius 1 is 0.854 bits per heavy atom. The Bertz CT molecular complexity index is 1410. The Kier molecular flexibility index (Phi) is 11.8. The SMILES string of the molecule is COc1ccc(COC(=O)[C@@H](C2CCCCC2)N2C[C@H](CN3CCC(CCC(F)(F)c4ccccc4)CC3)[C@@H](c3ccccc3)C2)cc1. The summed E-state index contributed by atoms with van der Waals surface area (Å²) in [5, 5.41) is 0. The van der Waals surface area contributed by atoms with Crippen LogP contribution in [0.2, 0.25) is 0 Å². The van der Waals surface area contributed by atoms with Crippen molar-refractivity contribution in [2.75, 3.05) is 39.8 Å². The maximum absolute atomic E-state index is 14.9. The molecular weight excluding hydrogens is 606 g/mol. The predicted octanol–water partition coefficient (Wildman–Crippen LogP) is 8.69. The molecule has 0 spiro atoms. The van der Waals surface area contributed by atoms with Crippen molar-refractivity contribution >= 4 is 5.97 Å². The van der Waals surface area contributed by atoms with E-state index in [0.717, 1.165) is 69.7 Å². The van der Waals surface area contributed by atoms with E-state index in [4.69, 9.17) is 9.47 Å². The minimum absolute atomic E-state index is 0.0908. The first-order chi connectivity index (χ1) is 23.4. The first-order valence-electron chi connectivity index (χ1n) is 18.1. The predicted molar refractivity (Wildman–Crippen MR) is 186 cm³/mol. The molecule has 0 radical (unpaired) electrons. The van der Waals surface area contributed by atoms with E-state index in [2.05, 4.69) is 40.1 Å². The van der Waals surface area contributed by atoms with Gasteiger partial charge in [-0.1, -0.05) is 92.1 Å². The quantitative estimate of drug-likeness (QED) is 0.172. The molecule has 1 saturated carbocycles. The van der Waals surface area contributed by atoms with Gasteiger partial charge < -0.3 is 14.4 Å². The molecule has 0 unspecified atom stereocenters. The summed E-state index contributed by atoms with van der Waals surface area (Å²) in [7, 11) is 1.65. The second kappa shape index (κ2) is 16.4. The molecule has 3 aromatic carbocycles. The van der Waals surface area contributed by atoms with Crippen LogP contribution in [0.25, 0.3) is 0 Å². The lowest BCUT2D eigenvalue weighted by atomic mass is 9.83. The lowest BCUT2D eigenvalue weighted by Crippen LogP contribution is -2.47. The number of likely N-dealkylation sites (tertiary alicyclic amines) is 2. The van der Waals surface area contributed by atoms with Crippen LogP contribution in [0.5, 0.6) is 5.75 Å². The molecular formula is C41H52F2N2O3. The molecule has 3 atom stereocenters. The van der Waals surface area contributed by atoms with E-state index in [1.54, 1.807) is 25.3 Å². The van der Waals surface area contributed by atoms with Gasteiger partial charge >= 0.3 is 5.97 Å². The molecule has 0 N–H and O–H groups in total. The molecule has 0 aromatic heterocycles. The summed E-state index contributed by atoms with van der Waals surface area (Å²) >= 11 is 0. The number of hydrogen-bond donors (Lipinski definition) is 0. The Morgan fingerprint density at radius 3 is 2.19 bits per heavy atom. The fourth-order valence-corrected chi connectivity index (χ4v) is 8.45. The van der Waals surface area contributed by atoms with Gasteiger partial charge in [-0.15, -0.1) is 0 Å². The molecule has 6 rings (SSSR count). The third-order valence-corrected chi connectivity index (χ3v) is 11.2. The van der Waals surface area contributed by atoms with E-state index in [-0.39, 0.29) is 30.6 Å². The number of methoxy groups -OCH3 is 1. The van der Waals surface area contributed by atoms with Gasteiger partial charge in [0.15, 0.2) is 0 Å². The van der Waals surface area contributed by atoms with Crippen molar-refractivity contribution in [1.82, 2.24) is 9.80 Å². The van der Waals surface area contributed by atoms with Crippen molar-refractivity contribution in [3.63, 3.8) is 0 Å². The standard InChI is InChI=1S/C41H52F2N2O3/c1-47-37-19-17-32(18-20-37)30-48-40(46)39(34-13-7-3-8-14-34)45-28-35(38(29-45)33-11-5-2-6-12-33)27-44-25-22-31(23-26-44)21-24-41(42,43)36-15-9-4-10-16-36/h2,4-6,9-12,15-20,31,34-35,38-39H,3,7-8,13-14,21-30H2,1H3/t35-,38+,39+/m0/s1. The molecule has 2 heterocycles. The van der Waals surface area contributed by atoms with Crippen LogP contribution < -0.4 is 4.74 Å². The van der Waals surface area contributed by atoms with Crippen molar-refractivity contribution in [2.45, 2.75) is 82.3 Å². The van der Waals surface area contributed by atoms with Crippen LogP contribution in [0, 0.1) is 17.8 Å². The number of nitrogens with zero attached hydrogens (tertiary/aromatic N) is 2. The van der Waals surface area contributed by atoms with E-state index in [0.29, 0.717) is 30.1 Å². The average molecular weight is 659 g/mol. The Hall–Kier alpha value is -3.29. The number of hydrogen-bond acceptors (Lipinski definition) is 5. The summed E-state index contributed by atoms with van der Waals surface area (Å²) in [5.74, 6) is -0.744. The van der Waals surface area contributed by atoms with Gasteiger partial charge in [0.05, 0.1) is 7.11 Å². The number of carbonyl (C=O) groups is 1. The largest absolute Gasteiger partial charge is 0.497 e. The van der Waals surface area contributed by atoms with Crippen LogP contribution >= 0.6 is 0 Å². The van der Waals surface area contributed by atoms with E-state index in [1.165, 1.54) is 37.0 Å². The molecule has 7 heteroatoms. The summed E-state index contributed by atoms with van der Waals surface area (Å²) in [6.45, 7) is 4.81. The van der Waals surface area contributed by atoms with Gasteiger partial charge in [0.1, 0.15) is 18.4 Å². The fraction of sp³-hybridized carbons (Fsp3) is 0.537. The van der Waals surface area contributed by atoms with Crippen molar-refractivity contribution in [2.24, 2.45) is 17.8 Å². The first-order valence-corrected chi connectivity index (χ1v) is 18.1. The Morgan fingerprint density at radius 2 is 1.52 bits per heavy atom. The normalized spacial score (nSPS) is 22.4. The molecule has 5 nitrogen and oxygen atoms in total. The number of esters is 1. The summed E-state index contributed by atoms with van der Waals surface area (Å²) in [4.78, 5) is 19.0. The summed E-state index contributed by atoms with van der Waals surface area (Å²) < 4.78 is 41.1. The summed E-state index contributed by atoms with van der Waals surface area (Å²) in [5.41, 5.74) is 2.41. The van der Waals surface area contributed by atoms with Gasteiger partial charge in [0.25, 0.3) is 5.92 Å². The second-order valence-electron chi connectivity index (χ2n) is 14.4. The Balaban J connectivity index is 1.10. The minimum atomic E-state index is -2.78. The zero-order valence-corrected chi connectivity index (χ0v) is 28.5. The first kappa shape index (κ1) is 34.6. The molecule has 1 aliphatic carbocycles. The van der Waals surface area contributed by atoms with Gasteiger partial charge in [-0.3, -0.25) is 9.69 Å². The zero-order chi connectivity index (χ0) is 33.3. The van der Waals surface area contributed by atoms with Crippen LogP contribution in [-0.4, -0.2) is 61.6 Å². The van der Waals surface area contributed by atoms with Gasteiger partial charge in [-0.2, -0.15) is 0 Å². The average Bonchev–Trinajstić information content (AvgIpc) is 3.54. The summed E-state index contributed by atoms with van der Waals surface area (Å²) in [6.07, 6.45) is 8.08. The fourth-order valence-electron chi connectivity index (χ4n) is 8.45. The molecule has 3 fully saturated rings. The number of carbonyl (C=O) groups excluding carboxylic acids is 1. The number of alkyl halides is 2. The third kappa shape index (κ3) is 8.83. The highest BCUT2D eigenvalue weighted by Crippen LogP contribution is 2.40. The van der Waals surface area contributed by atoms with Crippen LogP contribution in [0.3, 0.4) is 0 Å². The smallest absolute Gasteiger partial charge is 0.323 e. The minimum Gasteiger partial charge on any atom is -0.497 e. The molecule has 48 heavy (non-hydrogen) atoms. The lowest BCUT2D eigenvalue weighted by molar-refractivity contribution is -0.154. The van der Waals surface area contributed by atoms with Crippen molar-refractivity contribution < 1.29 is 23.0 Å². The van der Waals surface area contributed by atoms with Gasteiger partial charge in [0, 0.05) is 37.5 Å². The van der Waals surface area contributed by atoms with Crippen LogP contribution in [-0.2, 0) is 22.1 Å². The van der Waals surface area contributed by atoms with Crippen molar-refractivity contribution in [3.05, 3.63) is 102 Å². The number of piperidine rings is 1. The number of benzene rings is 3. The molecule has 3 aromatic rings. The van der Waals surface area contributed by atoms with Gasteiger partial charge in [-0.25, -0.2) is 8.78 Å². The maximum atomic E-state index is 14.9. The monoisotopic (exact) mass is 658 g/mol. The van der Waals surface area contributed by atoms with Crippen molar-refractivity contribution in [1.29, 1.82) is 0 Å². The van der Waals surface area contributed by atoms with Crippen LogP contribution in [0.4, 0.5) is 8.78 Å². The zero-order valence-electron chi connectivity index (χ0n) is 28.5. The molecule has 3 aliphatic rings.